The third kappa shape index (κ3) is 2.75. The number of phenols is 2. The molecule has 1 heterocycles. The summed E-state index contributed by atoms with van der Waals surface area (Å²) < 4.78 is 1.85. The van der Waals surface area contributed by atoms with E-state index in [1.54, 1.807) is 6.07 Å². The van der Waals surface area contributed by atoms with E-state index in [1.165, 1.54) is 23.0 Å². The van der Waals surface area contributed by atoms with Gasteiger partial charge in [0, 0.05) is 5.56 Å². The topological polar surface area (TPSA) is 86.4 Å². The zero-order valence-electron chi connectivity index (χ0n) is 11.3. The van der Waals surface area contributed by atoms with Crippen LogP contribution in [0.2, 0.25) is 0 Å². The number of aromatic amines is 1. The molecule has 22 heavy (non-hydrogen) atoms. The van der Waals surface area contributed by atoms with Crippen LogP contribution in [-0.4, -0.2) is 31.3 Å². The number of benzene rings is 2. The Bertz CT molecular complexity index is 884. The van der Waals surface area contributed by atoms with Crippen LogP contribution in [0.4, 0.5) is 0 Å². The maximum absolute atomic E-state index is 9.49. The molecule has 0 atom stereocenters. The summed E-state index contributed by atoms with van der Waals surface area (Å²) in [5.74, 6) is 0.204. The van der Waals surface area contributed by atoms with Crippen LogP contribution in [-0.2, 0) is 0 Å². The minimum absolute atomic E-state index is 0.179. The van der Waals surface area contributed by atoms with Crippen molar-refractivity contribution in [2.45, 2.75) is 0 Å². The summed E-state index contributed by atoms with van der Waals surface area (Å²) in [6.07, 6.45) is 1.52. The molecule has 6 nitrogen and oxygen atoms in total. The van der Waals surface area contributed by atoms with E-state index in [0.29, 0.717) is 16.2 Å². The molecule has 0 fully saturated rings. The lowest BCUT2D eigenvalue weighted by molar-refractivity contribution is 0.403. The Balaban J connectivity index is 1.99. The van der Waals surface area contributed by atoms with Gasteiger partial charge in [-0.2, -0.15) is 14.9 Å². The molecule has 0 saturated heterocycles. The van der Waals surface area contributed by atoms with Crippen molar-refractivity contribution in [3.63, 3.8) is 0 Å². The molecular formula is C15H12N4O2S. The fourth-order valence-corrected chi connectivity index (χ4v) is 2.10. The fourth-order valence-electron chi connectivity index (χ4n) is 1.92. The lowest BCUT2D eigenvalue weighted by atomic mass is 10.2. The van der Waals surface area contributed by atoms with Crippen LogP contribution in [0.5, 0.6) is 11.5 Å². The van der Waals surface area contributed by atoms with E-state index in [-0.39, 0.29) is 11.5 Å². The molecule has 0 aliphatic heterocycles. The maximum atomic E-state index is 9.49. The summed E-state index contributed by atoms with van der Waals surface area (Å²) in [6.45, 7) is 0. The van der Waals surface area contributed by atoms with E-state index >= 15 is 0 Å². The number of nitrogens with one attached hydrogen (secondary N) is 1. The molecule has 1 aromatic heterocycles. The van der Waals surface area contributed by atoms with Gasteiger partial charge in [-0.25, -0.2) is 5.10 Å². The highest BCUT2D eigenvalue weighted by atomic mass is 32.1. The Hall–Kier alpha value is -2.93. The van der Waals surface area contributed by atoms with Gasteiger partial charge in [-0.15, -0.1) is 0 Å². The maximum Gasteiger partial charge on any atom is 0.216 e. The Morgan fingerprint density at radius 2 is 1.86 bits per heavy atom. The molecule has 3 rings (SSSR count). The van der Waals surface area contributed by atoms with E-state index in [1.807, 2.05) is 30.3 Å². The highest BCUT2D eigenvalue weighted by molar-refractivity contribution is 7.71. The predicted octanol–water partition coefficient (Wildman–Crippen LogP) is 2.90. The Labute approximate surface area is 131 Å². The SMILES string of the molecule is Oc1ccc(/C=N/n2c(-c3ccccc3)n[nH]c2=S)cc1O. The lowest BCUT2D eigenvalue weighted by Crippen LogP contribution is -1.94. The largest absolute Gasteiger partial charge is 0.504 e. The monoisotopic (exact) mass is 312 g/mol. The van der Waals surface area contributed by atoms with Gasteiger partial charge in [0.05, 0.1) is 6.21 Å². The number of aromatic hydroxyl groups is 2. The summed E-state index contributed by atoms with van der Waals surface area (Å²) in [7, 11) is 0. The summed E-state index contributed by atoms with van der Waals surface area (Å²) in [5.41, 5.74) is 1.50. The molecule has 0 aliphatic rings. The van der Waals surface area contributed by atoms with Crippen molar-refractivity contribution in [2.75, 3.05) is 0 Å². The third-order valence-electron chi connectivity index (χ3n) is 3.00. The molecule has 7 heteroatoms. The number of aromatic nitrogens is 3. The van der Waals surface area contributed by atoms with E-state index in [0.717, 1.165) is 5.56 Å². The number of H-pyrrole nitrogens is 1. The zero-order chi connectivity index (χ0) is 15.5. The van der Waals surface area contributed by atoms with Crippen LogP contribution >= 0.6 is 12.2 Å². The molecule has 3 aromatic rings. The van der Waals surface area contributed by atoms with Crippen LogP contribution in [0.15, 0.2) is 53.6 Å². The first-order valence-electron chi connectivity index (χ1n) is 6.44. The molecule has 3 N–H and O–H groups in total. The van der Waals surface area contributed by atoms with Gasteiger partial charge in [0.25, 0.3) is 0 Å². The fraction of sp³-hybridized carbons (Fsp3) is 0. The van der Waals surface area contributed by atoms with Gasteiger partial charge in [0.2, 0.25) is 4.77 Å². The van der Waals surface area contributed by atoms with Crippen molar-refractivity contribution < 1.29 is 10.2 Å². The molecule has 0 amide bonds. The van der Waals surface area contributed by atoms with Crippen molar-refractivity contribution in [3.8, 4) is 22.9 Å². The second-order valence-corrected chi connectivity index (χ2v) is 4.91. The van der Waals surface area contributed by atoms with Crippen molar-refractivity contribution in [1.82, 2.24) is 14.9 Å². The molecule has 0 saturated carbocycles. The average molecular weight is 312 g/mol. The van der Waals surface area contributed by atoms with Gasteiger partial charge in [0.15, 0.2) is 17.3 Å². The smallest absolute Gasteiger partial charge is 0.216 e. The first-order valence-corrected chi connectivity index (χ1v) is 6.85. The Kier molecular flexibility index (Phi) is 3.71. The molecule has 0 aliphatic carbocycles. The molecule has 0 bridgehead atoms. The average Bonchev–Trinajstić information content (AvgIpc) is 2.90. The third-order valence-corrected chi connectivity index (χ3v) is 3.27. The summed E-state index contributed by atoms with van der Waals surface area (Å²) in [5, 5.41) is 30.0. The second-order valence-electron chi connectivity index (χ2n) is 4.52. The molecule has 0 radical (unpaired) electrons. The van der Waals surface area contributed by atoms with Gasteiger partial charge >= 0.3 is 0 Å². The highest BCUT2D eigenvalue weighted by Crippen LogP contribution is 2.24. The first-order chi connectivity index (χ1) is 10.6. The van der Waals surface area contributed by atoms with Crippen LogP contribution in [0.1, 0.15) is 5.56 Å². The number of rotatable bonds is 3. The standard InChI is InChI=1S/C15H12N4O2S/c20-12-7-6-10(8-13(12)21)9-16-19-14(17-18-15(19)22)11-4-2-1-3-5-11/h1-9,20-21H,(H,18,22)/b16-9+. The van der Waals surface area contributed by atoms with Crippen molar-refractivity contribution in [1.29, 1.82) is 0 Å². The minimum Gasteiger partial charge on any atom is -0.504 e. The summed E-state index contributed by atoms with van der Waals surface area (Å²) in [4.78, 5) is 0. The molecule has 110 valence electrons. The van der Waals surface area contributed by atoms with Gasteiger partial charge in [0.1, 0.15) is 0 Å². The van der Waals surface area contributed by atoms with Crippen LogP contribution in [0.3, 0.4) is 0 Å². The number of nitrogens with zero attached hydrogens (tertiary/aromatic N) is 3. The predicted molar refractivity (Wildman–Crippen MR) is 85.6 cm³/mol. The highest BCUT2D eigenvalue weighted by Gasteiger charge is 2.07. The molecule has 0 spiro atoms. The van der Waals surface area contributed by atoms with Crippen molar-refractivity contribution in [2.24, 2.45) is 5.10 Å². The normalized spacial score (nSPS) is 11.1. The summed E-state index contributed by atoms with van der Waals surface area (Å²) >= 11 is 5.18. The number of phenolic OH excluding ortho intramolecular Hbond substituents is 2. The van der Waals surface area contributed by atoms with Gasteiger partial charge in [-0.05, 0) is 36.0 Å². The quantitative estimate of drug-likeness (QED) is 0.394. The second kappa shape index (κ2) is 5.82. The van der Waals surface area contributed by atoms with E-state index in [2.05, 4.69) is 15.3 Å². The van der Waals surface area contributed by atoms with Gasteiger partial charge in [-0.1, -0.05) is 30.3 Å². The first kappa shape index (κ1) is 14.0. The number of hydrogen-bond donors (Lipinski definition) is 3. The van der Waals surface area contributed by atoms with Crippen LogP contribution in [0.25, 0.3) is 11.4 Å². The van der Waals surface area contributed by atoms with Crippen molar-refractivity contribution in [3.05, 3.63) is 58.9 Å². The van der Waals surface area contributed by atoms with E-state index in [9.17, 15) is 10.2 Å². The number of hydrogen-bond acceptors (Lipinski definition) is 5. The van der Waals surface area contributed by atoms with Crippen molar-refractivity contribution >= 4 is 18.4 Å². The minimum atomic E-state index is -0.206. The Morgan fingerprint density at radius 1 is 1.09 bits per heavy atom. The molecule has 2 aromatic carbocycles. The van der Waals surface area contributed by atoms with Gasteiger partial charge in [-0.3, -0.25) is 0 Å². The summed E-state index contributed by atoms with van der Waals surface area (Å²) in [6, 6.07) is 14.0. The zero-order valence-corrected chi connectivity index (χ0v) is 12.2. The van der Waals surface area contributed by atoms with Crippen LogP contribution in [0, 0.1) is 4.77 Å². The van der Waals surface area contributed by atoms with Gasteiger partial charge < -0.3 is 10.2 Å². The Morgan fingerprint density at radius 3 is 2.59 bits per heavy atom. The van der Waals surface area contributed by atoms with Crippen LogP contribution < -0.4 is 0 Å². The van der Waals surface area contributed by atoms with E-state index in [4.69, 9.17) is 12.2 Å². The molecular weight excluding hydrogens is 300 g/mol. The molecule has 0 unspecified atom stereocenters. The lowest BCUT2D eigenvalue weighted by Gasteiger charge is -2.01. The van der Waals surface area contributed by atoms with E-state index < -0.39 is 0 Å².